The number of benzene rings is 2. The van der Waals surface area contributed by atoms with Crippen LogP contribution in [0.1, 0.15) is 49.9 Å². The van der Waals surface area contributed by atoms with Gasteiger partial charge < -0.3 is 40.3 Å². The van der Waals surface area contributed by atoms with Crippen molar-refractivity contribution in [1.29, 1.82) is 0 Å². The molecule has 5 heterocycles. The number of amides is 3. The zero-order chi connectivity index (χ0) is 34.8. The third-order valence-corrected chi connectivity index (χ3v) is 10.3. The first-order valence-electron chi connectivity index (χ1n) is 17.8. The van der Waals surface area contributed by atoms with Crippen LogP contribution in [0.25, 0.3) is 11.4 Å². The summed E-state index contributed by atoms with van der Waals surface area (Å²) in [5.41, 5.74) is 2.49. The predicted octanol–water partition coefficient (Wildman–Crippen LogP) is 3.04. The van der Waals surface area contributed by atoms with Gasteiger partial charge >= 0.3 is 6.03 Å². The maximum Gasteiger partial charge on any atom is 0.323 e. The number of morpholine rings is 1. The second-order valence-electron chi connectivity index (χ2n) is 13.9. The van der Waals surface area contributed by atoms with Gasteiger partial charge in [-0.05, 0) is 88.1 Å². The Morgan fingerprint density at radius 1 is 0.780 bits per heavy atom. The molecule has 14 heteroatoms. The Morgan fingerprint density at radius 3 is 1.90 bits per heavy atom. The maximum absolute atomic E-state index is 13.0. The predicted molar refractivity (Wildman–Crippen MR) is 191 cm³/mol. The summed E-state index contributed by atoms with van der Waals surface area (Å²) in [4.78, 5) is 48.8. The largest absolute Gasteiger partial charge is 0.394 e. The van der Waals surface area contributed by atoms with E-state index in [2.05, 4.69) is 34.3 Å². The molecule has 2 aromatic carbocycles. The van der Waals surface area contributed by atoms with Crippen molar-refractivity contribution in [3.63, 3.8) is 0 Å². The molecule has 4 saturated heterocycles. The van der Waals surface area contributed by atoms with Gasteiger partial charge in [-0.1, -0.05) is 0 Å². The number of carbonyl (C=O) groups excluding carboxylic acids is 2. The van der Waals surface area contributed by atoms with E-state index in [9.17, 15) is 19.8 Å². The van der Waals surface area contributed by atoms with E-state index >= 15 is 0 Å². The van der Waals surface area contributed by atoms with Crippen LogP contribution in [0.15, 0.2) is 48.5 Å². The van der Waals surface area contributed by atoms with Crippen molar-refractivity contribution >= 4 is 35.2 Å². The summed E-state index contributed by atoms with van der Waals surface area (Å²) in [6.45, 7) is 8.75. The van der Waals surface area contributed by atoms with Gasteiger partial charge in [-0.3, -0.25) is 9.69 Å². The zero-order valence-electron chi connectivity index (χ0n) is 28.7. The monoisotopic (exact) mass is 685 g/mol. The molecule has 7 rings (SSSR count). The van der Waals surface area contributed by atoms with Gasteiger partial charge in [0.1, 0.15) is 0 Å². The lowest BCUT2D eigenvalue weighted by atomic mass is 10.1. The number of urea groups is 1. The van der Waals surface area contributed by atoms with Gasteiger partial charge in [0.25, 0.3) is 5.91 Å². The zero-order valence-corrected chi connectivity index (χ0v) is 28.7. The van der Waals surface area contributed by atoms with Gasteiger partial charge in [0.05, 0.1) is 37.5 Å². The standard InChI is InChI=1S/C36H47N9O5/c1-23(2)42-15-17-43(18-16-42)33(48)25-5-9-27(10-6-25)38-36(49)37-26-7-3-24(4-8-26)32-39-34(44-19-30-13-14-31(20-44)50-30)41-35(40-32)45-28(21-46)11-12-29(45)22-47/h3-10,23,28-31,46-47H,11-22H2,1-2H3,(H2,37,38,49). The molecule has 2 bridgehead atoms. The van der Waals surface area contributed by atoms with E-state index in [0.717, 1.165) is 44.3 Å². The van der Waals surface area contributed by atoms with Gasteiger partial charge in [0, 0.05) is 67.8 Å². The average molecular weight is 686 g/mol. The first-order valence-corrected chi connectivity index (χ1v) is 17.8. The highest BCUT2D eigenvalue weighted by molar-refractivity contribution is 6.00. The fourth-order valence-corrected chi connectivity index (χ4v) is 7.48. The van der Waals surface area contributed by atoms with Crippen LogP contribution in [0.2, 0.25) is 0 Å². The number of aliphatic hydroxyl groups is 2. The molecular formula is C36H47N9O5. The molecule has 14 nitrogen and oxygen atoms in total. The van der Waals surface area contributed by atoms with Crippen molar-refractivity contribution in [1.82, 2.24) is 24.8 Å². The topological polar surface area (TPSA) is 160 Å². The molecule has 266 valence electrons. The summed E-state index contributed by atoms with van der Waals surface area (Å²) in [7, 11) is 0. The van der Waals surface area contributed by atoms with Crippen molar-refractivity contribution in [3.8, 4) is 11.4 Å². The maximum atomic E-state index is 13.0. The van der Waals surface area contributed by atoms with E-state index in [4.69, 9.17) is 19.7 Å². The molecule has 0 saturated carbocycles. The van der Waals surface area contributed by atoms with Crippen LogP contribution in [0.4, 0.5) is 28.1 Å². The van der Waals surface area contributed by atoms with Crippen LogP contribution in [-0.4, -0.2) is 130 Å². The van der Waals surface area contributed by atoms with Crippen LogP contribution in [0.5, 0.6) is 0 Å². The second kappa shape index (κ2) is 14.9. The molecule has 0 aliphatic carbocycles. The number of fused-ring (bicyclic) bond motifs is 2. The highest BCUT2D eigenvalue weighted by atomic mass is 16.5. The number of aromatic nitrogens is 3. The number of ether oxygens (including phenoxy) is 1. The molecule has 1 aromatic heterocycles. The van der Waals surface area contributed by atoms with Crippen molar-refractivity contribution in [2.75, 3.05) is 72.9 Å². The third kappa shape index (κ3) is 7.38. The van der Waals surface area contributed by atoms with Crippen molar-refractivity contribution in [2.45, 2.75) is 69.9 Å². The van der Waals surface area contributed by atoms with Crippen LogP contribution < -0.4 is 20.4 Å². The quantitative estimate of drug-likeness (QED) is 0.262. The summed E-state index contributed by atoms with van der Waals surface area (Å²) in [6.07, 6.45) is 3.79. The molecule has 0 spiro atoms. The average Bonchev–Trinajstić information content (AvgIpc) is 3.73. The van der Waals surface area contributed by atoms with Crippen molar-refractivity contribution < 1.29 is 24.5 Å². The number of hydrogen-bond acceptors (Lipinski definition) is 11. The van der Waals surface area contributed by atoms with E-state index in [-0.39, 0.29) is 43.4 Å². The first kappa shape index (κ1) is 34.1. The molecule has 4 atom stereocenters. The number of nitrogens with one attached hydrogen (secondary N) is 2. The van der Waals surface area contributed by atoms with E-state index in [1.54, 1.807) is 36.4 Å². The summed E-state index contributed by atoms with van der Waals surface area (Å²) >= 11 is 0. The van der Waals surface area contributed by atoms with Crippen molar-refractivity contribution in [2.24, 2.45) is 0 Å². The second-order valence-corrected chi connectivity index (χ2v) is 13.9. The number of hydrogen-bond donors (Lipinski definition) is 4. The lowest BCUT2D eigenvalue weighted by Crippen LogP contribution is -2.50. The van der Waals surface area contributed by atoms with Gasteiger partial charge in [-0.2, -0.15) is 15.0 Å². The smallest absolute Gasteiger partial charge is 0.323 e. The summed E-state index contributed by atoms with van der Waals surface area (Å²) in [5.74, 6) is 1.45. The Balaban J connectivity index is 1.02. The number of nitrogens with zero attached hydrogens (tertiary/aromatic N) is 7. The van der Waals surface area contributed by atoms with Crippen LogP contribution in [0.3, 0.4) is 0 Å². The van der Waals surface area contributed by atoms with E-state index < -0.39 is 6.03 Å². The lowest BCUT2D eigenvalue weighted by molar-refractivity contribution is 0.0299. The minimum absolute atomic E-state index is 0.000766. The highest BCUT2D eigenvalue weighted by Crippen LogP contribution is 2.33. The Labute approximate surface area is 292 Å². The molecule has 4 fully saturated rings. The number of anilines is 4. The third-order valence-electron chi connectivity index (χ3n) is 10.3. The number of carbonyl (C=O) groups is 2. The van der Waals surface area contributed by atoms with Crippen LogP contribution >= 0.6 is 0 Å². The summed E-state index contributed by atoms with van der Waals surface area (Å²) in [6, 6.07) is 13.9. The molecule has 4 unspecified atom stereocenters. The Kier molecular flexibility index (Phi) is 10.1. The molecule has 3 aromatic rings. The minimum Gasteiger partial charge on any atom is -0.394 e. The summed E-state index contributed by atoms with van der Waals surface area (Å²) in [5, 5.41) is 25.9. The fourth-order valence-electron chi connectivity index (χ4n) is 7.48. The Bertz CT molecular complexity index is 1620. The normalized spacial score (nSPS) is 23.8. The molecule has 4 aliphatic rings. The van der Waals surface area contributed by atoms with Gasteiger partial charge in [-0.25, -0.2) is 4.79 Å². The van der Waals surface area contributed by atoms with Gasteiger partial charge in [-0.15, -0.1) is 0 Å². The van der Waals surface area contributed by atoms with E-state index in [0.29, 0.717) is 66.9 Å². The Hall–Kier alpha value is -4.37. The Morgan fingerprint density at radius 2 is 1.34 bits per heavy atom. The molecule has 50 heavy (non-hydrogen) atoms. The van der Waals surface area contributed by atoms with E-state index in [1.807, 2.05) is 21.9 Å². The minimum atomic E-state index is -0.410. The summed E-state index contributed by atoms with van der Waals surface area (Å²) < 4.78 is 6.05. The molecule has 3 amide bonds. The highest BCUT2D eigenvalue weighted by Gasteiger charge is 2.38. The number of rotatable bonds is 9. The number of piperazine rings is 1. The molecule has 0 radical (unpaired) electrons. The first-order chi connectivity index (χ1) is 24.3. The van der Waals surface area contributed by atoms with Gasteiger partial charge in [0.15, 0.2) is 5.82 Å². The molecular weight excluding hydrogens is 638 g/mol. The van der Waals surface area contributed by atoms with Crippen LogP contribution in [-0.2, 0) is 4.74 Å². The van der Waals surface area contributed by atoms with Crippen LogP contribution in [0, 0.1) is 0 Å². The molecule has 4 N–H and O–H groups in total. The number of aliphatic hydroxyl groups excluding tert-OH is 2. The lowest BCUT2D eigenvalue weighted by Gasteiger charge is -2.37. The van der Waals surface area contributed by atoms with Gasteiger partial charge in [0.2, 0.25) is 11.9 Å². The SMILES string of the molecule is CC(C)N1CCN(C(=O)c2ccc(NC(=O)Nc3ccc(-c4nc(N5CC6CCC(C5)O6)nc(N5C(CO)CCC5CO)n4)cc3)cc2)CC1. The molecule has 4 aliphatic heterocycles. The van der Waals surface area contributed by atoms with Crippen molar-refractivity contribution in [3.05, 3.63) is 54.1 Å². The van der Waals surface area contributed by atoms with E-state index in [1.165, 1.54) is 0 Å². The fraction of sp³-hybridized carbons (Fsp3) is 0.528.